The lowest BCUT2D eigenvalue weighted by Gasteiger charge is -2.22. The number of carbonyl (C=O) groups is 3. The first-order valence-electron chi connectivity index (χ1n) is 8.35. The summed E-state index contributed by atoms with van der Waals surface area (Å²) >= 11 is 0. The van der Waals surface area contributed by atoms with Crippen molar-refractivity contribution in [2.45, 2.75) is 51.5 Å². The molecule has 8 nitrogen and oxygen atoms in total. The van der Waals surface area contributed by atoms with Crippen LogP contribution in [0.15, 0.2) is 30.3 Å². The molecule has 0 aromatic heterocycles. The quantitative estimate of drug-likeness (QED) is 0.850. The number of rotatable bonds is 4. The number of aliphatic carboxylic acids is 1. The average molecular weight is 364 g/mol. The fourth-order valence-electron chi connectivity index (χ4n) is 2.65. The molecule has 2 amide bonds. The number of benzene rings is 1. The van der Waals surface area contributed by atoms with Gasteiger partial charge in [-0.2, -0.15) is 0 Å². The van der Waals surface area contributed by atoms with Crippen LogP contribution >= 0.6 is 0 Å². The largest absolute Gasteiger partial charge is 0.480 e. The van der Waals surface area contributed by atoms with E-state index in [9.17, 15) is 19.5 Å². The van der Waals surface area contributed by atoms with E-state index in [-0.39, 0.29) is 19.6 Å². The van der Waals surface area contributed by atoms with Crippen LogP contribution in [0.4, 0.5) is 9.59 Å². The van der Waals surface area contributed by atoms with Gasteiger partial charge in [0.15, 0.2) is 0 Å². The van der Waals surface area contributed by atoms with Gasteiger partial charge in [-0.05, 0) is 26.3 Å². The Balaban J connectivity index is 1.94. The summed E-state index contributed by atoms with van der Waals surface area (Å²) in [4.78, 5) is 36.7. The maximum atomic E-state index is 12.3. The Morgan fingerprint density at radius 1 is 1.23 bits per heavy atom. The van der Waals surface area contributed by atoms with Crippen LogP contribution in [0, 0.1) is 0 Å². The smallest absolute Gasteiger partial charge is 0.410 e. The molecular formula is C18H24N2O6. The maximum Gasteiger partial charge on any atom is 0.410 e. The van der Waals surface area contributed by atoms with Gasteiger partial charge in [-0.3, -0.25) is 4.90 Å². The molecule has 0 bridgehead atoms. The molecule has 1 aromatic rings. The Morgan fingerprint density at radius 2 is 1.88 bits per heavy atom. The summed E-state index contributed by atoms with van der Waals surface area (Å²) in [6.45, 7) is 5.29. The van der Waals surface area contributed by atoms with E-state index in [1.54, 1.807) is 32.9 Å². The van der Waals surface area contributed by atoms with E-state index >= 15 is 0 Å². The van der Waals surface area contributed by atoms with Gasteiger partial charge in [0.1, 0.15) is 18.2 Å². The first kappa shape index (κ1) is 19.6. The van der Waals surface area contributed by atoms with Gasteiger partial charge in [-0.25, -0.2) is 14.4 Å². The first-order valence-corrected chi connectivity index (χ1v) is 8.35. The van der Waals surface area contributed by atoms with E-state index in [2.05, 4.69) is 5.32 Å². The van der Waals surface area contributed by atoms with Crippen molar-refractivity contribution in [3.8, 4) is 0 Å². The molecule has 1 aromatic carbocycles. The van der Waals surface area contributed by atoms with Gasteiger partial charge in [0, 0.05) is 13.0 Å². The zero-order valence-corrected chi connectivity index (χ0v) is 15.1. The summed E-state index contributed by atoms with van der Waals surface area (Å²) in [6.07, 6.45) is -1.28. The van der Waals surface area contributed by atoms with Crippen molar-refractivity contribution < 1.29 is 29.0 Å². The molecule has 8 heteroatoms. The second kappa shape index (κ2) is 8.07. The minimum absolute atomic E-state index is 0.0455. The van der Waals surface area contributed by atoms with Crippen LogP contribution in [-0.4, -0.2) is 52.4 Å². The van der Waals surface area contributed by atoms with E-state index in [1.165, 1.54) is 0 Å². The van der Waals surface area contributed by atoms with Crippen LogP contribution in [0.5, 0.6) is 0 Å². The fourth-order valence-corrected chi connectivity index (χ4v) is 2.65. The number of hydrogen-bond donors (Lipinski definition) is 2. The summed E-state index contributed by atoms with van der Waals surface area (Å²) in [5.74, 6) is -1.14. The van der Waals surface area contributed by atoms with Crippen LogP contribution in [0.3, 0.4) is 0 Å². The van der Waals surface area contributed by atoms with Gasteiger partial charge in [-0.15, -0.1) is 0 Å². The third-order valence-corrected chi connectivity index (χ3v) is 3.75. The number of amides is 2. The highest BCUT2D eigenvalue weighted by molar-refractivity contribution is 5.81. The molecule has 1 fully saturated rings. The van der Waals surface area contributed by atoms with Crippen molar-refractivity contribution in [3.63, 3.8) is 0 Å². The standard InChI is InChI=1S/C18H24N2O6/c1-18(2,3)26-16(23)19-13-9-14(15(21)22)20(10-13)17(24)25-11-12-7-5-4-6-8-12/h4-8,13-14H,9-11H2,1-3H3,(H,19,23)(H,21,22). The maximum absolute atomic E-state index is 12.3. The molecule has 1 saturated heterocycles. The lowest BCUT2D eigenvalue weighted by atomic mass is 10.2. The van der Waals surface area contributed by atoms with Gasteiger partial charge in [0.25, 0.3) is 0 Å². The number of carboxylic acids is 1. The third kappa shape index (κ3) is 5.65. The number of alkyl carbamates (subject to hydrolysis) is 1. The van der Waals surface area contributed by atoms with E-state index < -0.39 is 35.8 Å². The highest BCUT2D eigenvalue weighted by Gasteiger charge is 2.41. The lowest BCUT2D eigenvalue weighted by molar-refractivity contribution is -0.141. The highest BCUT2D eigenvalue weighted by Crippen LogP contribution is 2.20. The Morgan fingerprint density at radius 3 is 2.46 bits per heavy atom. The van der Waals surface area contributed by atoms with Crippen LogP contribution in [0.25, 0.3) is 0 Å². The Kier molecular flexibility index (Phi) is 6.07. The molecule has 1 heterocycles. The van der Waals surface area contributed by atoms with Crippen LogP contribution in [0.2, 0.25) is 0 Å². The summed E-state index contributed by atoms with van der Waals surface area (Å²) < 4.78 is 10.4. The third-order valence-electron chi connectivity index (χ3n) is 3.75. The van der Waals surface area contributed by atoms with E-state index in [0.717, 1.165) is 10.5 Å². The molecule has 2 unspecified atom stereocenters. The molecule has 142 valence electrons. The number of nitrogens with one attached hydrogen (secondary N) is 1. The molecule has 2 N–H and O–H groups in total. The van der Waals surface area contributed by atoms with Crippen LogP contribution in [0.1, 0.15) is 32.8 Å². The molecule has 1 aliphatic rings. The molecule has 2 rings (SSSR count). The Bertz CT molecular complexity index is 655. The summed E-state index contributed by atoms with van der Waals surface area (Å²) in [5.41, 5.74) is 0.138. The van der Waals surface area contributed by atoms with Gasteiger partial charge >= 0.3 is 18.2 Å². The molecule has 26 heavy (non-hydrogen) atoms. The zero-order chi connectivity index (χ0) is 19.3. The normalized spacial score (nSPS) is 19.7. The fraction of sp³-hybridized carbons (Fsp3) is 0.500. The van der Waals surface area contributed by atoms with Crippen molar-refractivity contribution in [3.05, 3.63) is 35.9 Å². The van der Waals surface area contributed by atoms with Gasteiger partial charge in [0.05, 0.1) is 6.04 Å². The average Bonchev–Trinajstić information content (AvgIpc) is 2.95. The first-order chi connectivity index (χ1) is 12.2. The number of nitrogens with zero attached hydrogens (tertiary/aromatic N) is 1. The van der Waals surface area contributed by atoms with Crippen molar-refractivity contribution in [1.29, 1.82) is 0 Å². The molecule has 0 spiro atoms. The van der Waals surface area contributed by atoms with E-state index in [4.69, 9.17) is 9.47 Å². The Labute approximate surface area is 152 Å². The van der Waals surface area contributed by atoms with Crippen molar-refractivity contribution in [2.75, 3.05) is 6.54 Å². The predicted octanol–water partition coefficient (Wildman–Crippen LogP) is 2.38. The monoisotopic (exact) mass is 364 g/mol. The number of ether oxygens (including phenoxy) is 2. The molecule has 2 atom stereocenters. The van der Waals surface area contributed by atoms with Crippen LogP contribution in [-0.2, 0) is 20.9 Å². The van der Waals surface area contributed by atoms with Crippen LogP contribution < -0.4 is 5.32 Å². The molecule has 0 radical (unpaired) electrons. The summed E-state index contributed by atoms with van der Waals surface area (Å²) in [6, 6.07) is 7.52. The minimum atomic E-state index is -1.14. The number of carbonyl (C=O) groups excluding carboxylic acids is 2. The van der Waals surface area contributed by atoms with Gasteiger partial charge in [-0.1, -0.05) is 30.3 Å². The number of hydrogen-bond acceptors (Lipinski definition) is 5. The van der Waals surface area contributed by atoms with Gasteiger partial charge < -0.3 is 19.9 Å². The predicted molar refractivity (Wildman–Crippen MR) is 92.5 cm³/mol. The molecule has 0 saturated carbocycles. The zero-order valence-electron chi connectivity index (χ0n) is 15.1. The topological polar surface area (TPSA) is 105 Å². The van der Waals surface area contributed by atoms with E-state index in [0.29, 0.717) is 0 Å². The second-order valence-corrected chi connectivity index (χ2v) is 7.13. The lowest BCUT2D eigenvalue weighted by Crippen LogP contribution is -2.42. The summed E-state index contributed by atoms with van der Waals surface area (Å²) in [5, 5.41) is 12.0. The van der Waals surface area contributed by atoms with Gasteiger partial charge in [0.2, 0.25) is 0 Å². The molecule has 1 aliphatic heterocycles. The Hall–Kier alpha value is -2.77. The van der Waals surface area contributed by atoms with Crippen molar-refractivity contribution >= 4 is 18.2 Å². The molecular weight excluding hydrogens is 340 g/mol. The van der Waals surface area contributed by atoms with E-state index in [1.807, 2.05) is 18.2 Å². The SMILES string of the molecule is CC(C)(C)OC(=O)NC1CC(C(=O)O)N(C(=O)OCc2ccccc2)C1. The summed E-state index contributed by atoms with van der Waals surface area (Å²) in [7, 11) is 0. The number of likely N-dealkylation sites (tertiary alicyclic amines) is 1. The minimum Gasteiger partial charge on any atom is -0.480 e. The number of carboxylic acid groups (broad SMARTS) is 1. The second-order valence-electron chi connectivity index (χ2n) is 7.13. The van der Waals surface area contributed by atoms with Crippen molar-refractivity contribution in [1.82, 2.24) is 10.2 Å². The molecule has 0 aliphatic carbocycles. The van der Waals surface area contributed by atoms with Crippen molar-refractivity contribution in [2.24, 2.45) is 0 Å². The highest BCUT2D eigenvalue weighted by atomic mass is 16.6.